The average Bonchev–Trinajstić information content (AvgIpc) is 3.18. The number of benzene rings is 1. The van der Waals surface area contributed by atoms with Crippen LogP contribution >= 0.6 is 0 Å². The first-order valence-corrected chi connectivity index (χ1v) is 8.49. The maximum Gasteiger partial charge on any atom is 0.234 e. The largest absolute Gasteiger partial charge is 0.459 e. The predicted octanol–water partition coefficient (Wildman–Crippen LogP) is 2.03. The zero-order valence-corrected chi connectivity index (χ0v) is 14.4. The van der Waals surface area contributed by atoms with Crippen LogP contribution in [0.25, 0.3) is 11.0 Å². The van der Waals surface area contributed by atoms with Gasteiger partial charge in [0.05, 0.1) is 19.1 Å². The Morgan fingerprint density at radius 1 is 1.32 bits per heavy atom. The summed E-state index contributed by atoms with van der Waals surface area (Å²) >= 11 is 0. The summed E-state index contributed by atoms with van der Waals surface area (Å²) in [7, 11) is 0. The van der Waals surface area contributed by atoms with E-state index in [0.29, 0.717) is 13.1 Å². The van der Waals surface area contributed by atoms with Crippen molar-refractivity contribution in [3.8, 4) is 0 Å². The van der Waals surface area contributed by atoms with Crippen LogP contribution in [0.1, 0.15) is 30.4 Å². The predicted molar refractivity (Wildman–Crippen MR) is 92.8 cm³/mol. The van der Waals surface area contributed by atoms with E-state index in [1.807, 2.05) is 44.2 Å². The number of rotatable bonds is 4. The minimum absolute atomic E-state index is 0.0161. The molecule has 1 N–H and O–H groups in total. The van der Waals surface area contributed by atoms with Crippen molar-refractivity contribution in [2.24, 2.45) is 0 Å². The fourth-order valence-corrected chi connectivity index (χ4v) is 3.27. The molecule has 0 bridgehead atoms. The standard InChI is InChI=1S/C18H21N5O2/c1-12(16-9-14-5-3-4-6-15(14)25-16)19-18(24)11-22-7-8-23-13(2)20-21-17(23)10-22/h3-6,9,12H,7-8,10-11H2,1-2H3,(H,19,24)/t12-/m0/s1. The van der Waals surface area contributed by atoms with Crippen LogP contribution in [0.4, 0.5) is 0 Å². The minimum atomic E-state index is -0.171. The SMILES string of the molecule is Cc1nnc2n1CCN(CC(=O)N[C@@H](C)c1cc3ccccc3o1)C2. The Labute approximate surface area is 145 Å². The highest BCUT2D eigenvalue weighted by atomic mass is 16.3. The Balaban J connectivity index is 1.37. The number of nitrogens with one attached hydrogen (secondary N) is 1. The van der Waals surface area contributed by atoms with Gasteiger partial charge in [0.25, 0.3) is 0 Å². The van der Waals surface area contributed by atoms with E-state index in [1.165, 1.54) is 0 Å². The quantitative estimate of drug-likeness (QED) is 0.787. The highest BCUT2D eigenvalue weighted by molar-refractivity contribution is 5.80. The van der Waals surface area contributed by atoms with Gasteiger partial charge < -0.3 is 14.3 Å². The Kier molecular flexibility index (Phi) is 4.01. The summed E-state index contributed by atoms with van der Waals surface area (Å²) in [5.74, 6) is 2.60. The summed E-state index contributed by atoms with van der Waals surface area (Å²) in [5, 5.41) is 12.3. The molecule has 3 heterocycles. The molecule has 0 radical (unpaired) electrons. The number of carbonyl (C=O) groups is 1. The molecule has 0 saturated heterocycles. The third-order valence-electron chi connectivity index (χ3n) is 4.63. The molecule has 7 nitrogen and oxygen atoms in total. The molecule has 2 aromatic heterocycles. The van der Waals surface area contributed by atoms with Crippen molar-refractivity contribution in [1.82, 2.24) is 25.0 Å². The van der Waals surface area contributed by atoms with Crippen LogP contribution in [0.3, 0.4) is 0 Å². The van der Waals surface area contributed by atoms with Crippen molar-refractivity contribution in [2.45, 2.75) is 33.0 Å². The first-order chi connectivity index (χ1) is 12.1. The van der Waals surface area contributed by atoms with E-state index in [9.17, 15) is 4.79 Å². The maximum absolute atomic E-state index is 12.4. The smallest absolute Gasteiger partial charge is 0.234 e. The van der Waals surface area contributed by atoms with Crippen molar-refractivity contribution in [3.05, 3.63) is 47.7 Å². The number of nitrogens with zero attached hydrogens (tertiary/aromatic N) is 4. The van der Waals surface area contributed by atoms with E-state index < -0.39 is 0 Å². The molecular formula is C18H21N5O2. The first-order valence-electron chi connectivity index (χ1n) is 8.49. The van der Waals surface area contributed by atoms with Gasteiger partial charge in [-0.3, -0.25) is 9.69 Å². The molecule has 1 atom stereocenters. The number of aromatic nitrogens is 3. The van der Waals surface area contributed by atoms with Gasteiger partial charge in [-0.05, 0) is 26.0 Å². The lowest BCUT2D eigenvalue weighted by Crippen LogP contribution is -2.42. The molecular weight excluding hydrogens is 318 g/mol. The van der Waals surface area contributed by atoms with Crippen LogP contribution in [0.15, 0.2) is 34.7 Å². The molecule has 4 rings (SSSR count). The fourth-order valence-electron chi connectivity index (χ4n) is 3.27. The number of carbonyl (C=O) groups excluding carboxylic acids is 1. The number of amides is 1. The molecule has 0 aliphatic carbocycles. The first kappa shape index (κ1) is 15.8. The summed E-state index contributed by atoms with van der Waals surface area (Å²) in [4.78, 5) is 14.5. The van der Waals surface area contributed by atoms with Crippen LogP contribution in [0.2, 0.25) is 0 Å². The lowest BCUT2D eigenvalue weighted by Gasteiger charge is -2.27. The highest BCUT2D eigenvalue weighted by Crippen LogP contribution is 2.23. The van der Waals surface area contributed by atoms with Gasteiger partial charge >= 0.3 is 0 Å². The normalized spacial score (nSPS) is 15.9. The molecule has 25 heavy (non-hydrogen) atoms. The Bertz CT molecular complexity index is 880. The Morgan fingerprint density at radius 2 is 2.16 bits per heavy atom. The summed E-state index contributed by atoms with van der Waals surface area (Å²) in [6.45, 7) is 6.52. The van der Waals surface area contributed by atoms with E-state index in [4.69, 9.17) is 4.42 Å². The third-order valence-corrected chi connectivity index (χ3v) is 4.63. The molecule has 1 aliphatic heterocycles. The van der Waals surface area contributed by atoms with Gasteiger partial charge in [-0.15, -0.1) is 10.2 Å². The molecule has 0 unspecified atom stereocenters. The van der Waals surface area contributed by atoms with Crippen LogP contribution in [0.5, 0.6) is 0 Å². The number of furan rings is 1. The van der Waals surface area contributed by atoms with Gasteiger partial charge in [-0.2, -0.15) is 0 Å². The van der Waals surface area contributed by atoms with Crippen LogP contribution < -0.4 is 5.32 Å². The summed E-state index contributed by atoms with van der Waals surface area (Å²) in [5.41, 5.74) is 0.837. The molecule has 7 heteroatoms. The van der Waals surface area contributed by atoms with Gasteiger partial charge in [-0.25, -0.2) is 0 Å². The molecule has 0 saturated carbocycles. The molecule has 1 aliphatic rings. The van der Waals surface area contributed by atoms with Crippen molar-refractivity contribution in [1.29, 1.82) is 0 Å². The summed E-state index contributed by atoms with van der Waals surface area (Å²) < 4.78 is 7.92. The number of fused-ring (bicyclic) bond motifs is 2. The second-order valence-electron chi connectivity index (χ2n) is 6.50. The minimum Gasteiger partial charge on any atom is -0.459 e. The van der Waals surface area contributed by atoms with E-state index in [0.717, 1.165) is 41.5 Å². The highest BCUT2D eigenvalue weighted by Gasteiger charge is 2.22. The van der Waals surface area contributed by atoms with Crippen molar-refractivity contribution < 1.29 is 9.21 Å². The Hall–Kier alpha value is -2.67. The lowest BCUT2D eigenvalue weighted by atomic mass is 10.2. The molecule has 3 aromatic rings. The fraction of sp³-hybridized carbons (Fsp3) is 0.389. The molecule has 0 fully saturated rings. The van der Waals surface area contributed by atoms with Crippen molar-refractivity contribution >= 4 is 16.9 Å². The van der Waals surface area contributed by atoms with Crippen molar-refractivity contribution in [2.75, 3.05) is 13.1 Å². The Morgan fingerprint density at radius 3 is 3.00 bits per heavy atom. The van der Waals surface area contributed by atoms with E-state index in [1.54, 1.807) is 0 Å². The second-order valence-corrected chi connectivity index (χ2v) is 6.50. The van der Waals surface area contributed by atoms with E-state index in [-0.39, 0.29) is 11.9 Å². The van der Waals surface area contributed by atoms with Gasteiger partial charge in [0.2, 0.25) is 5.91 Å². The number of aryl methyl sites for hydroxylation is 1. The van der Waals surface area contributed by atoms with E-state index >= 15 is 0 Å². The van der Waals surface area contributed by atoms with Gasteiger partial charge in [0.15, 0.2) is 0 Å². The van der Waals surface area contributed by atoms with Crippen LogP contribution in [0, 0.1) is 6.92 Å². The zero-order chi connectivity index (χ0) is 17.4. The monoisotopic (exact) mass is 339 g/mol. The third kappa shape index (κ3) is 3.15. The summed E-state index contributed by atoms with van der Waals surface area (Å²) in [6.07, 6.45) is 0. The topological polar surface area (TPSA) is 76.2 Å². The molecule has 0 spiro atoms. The van der Waals surface area contributed by atoms with Crippen LogP contribution in [-0.2, 0) is 17.9 Å². The number of hydrogen-bond donors (Lipinski definition) is 1. The zero-order valence-electron chi connectivity index (χ0n) is 14.4. The number of hydrogen-bond acceptors (Lipinski definition) is 5. The molecule has 1 aromatic carbocycles. The number of para-hydroxylation sites is 1. The van der Waals surface area contributed by atoms with Crippen LogP contribution in [-0.4, -0.2) is 38.7 Å². The second kappa shape index (κ2) is 6.33. The van der Waals surface area contributed by atoms with E-state index in [2.05, 4.69) is 25.0 Å². The average molecular weight is 339 g/mol. The van der Waals surface area contributed by atoms with Crippen molar-refractivity contribution in [3.63, 3.8) is 0 Å². The molecule has 1 amide bonds. The van der Waals surface area contributed by atoms with Gasteiger partial charge in [-0.1, -0.05) is 18.2 Å². The maximum atomic E-state index is 12.4. The van der Waals surface area contributed by atoms with Gasteiger partial charge in [0.1, 0.15) is 23.0 Å². The molecule has 130 valence electrons. The summed E-state index contributed by atoms with van der Waals surface area (Å²) in [6, 6.07) is 9.65. The lowest BCUT2D eigenvalue weighted by molar-refractivity contribution is -0.123. The van der Waals surface area contributed by atoms with Gasteiger partial charge in [0, 0.05) is 18.5 Å².